The lowest BCUT2D eigenvalue weighted by Crippen LogP contribution is -2.23. The van der Waals surface area contributed by atoms with Crippen LogP contribution >= 0.6 is 22.9 Å². The average molecular weight is 299 g/mol. The van der Waals surface area contributed by atoms with Gasteiger partial charge in [-0.15, -0.1) is 11.3 Å². The maximum absolute atomic E-state index is 12.0. The van der Waals surface area contributed by atoms with Crippen LogP contribution in [-0.4, -0.2) is 16.1 Å². The molecule has 0 aromatic carbocycles. The molecule has 102 valence electrons. The summed E-state index contributed by atoms with van der Waals surface area (Å²) < 4.78 is 0.703. The van der Waals surface area contributed by atoms with E-state index in [9.17, 15) is 4.79 Å². The van der Waals surface area contributed by atoms with Crippen molar-refractivity contribution in [3.8, 4) is 0 Å². The standard InChI is InChI=1S/C12H15ClN4OS/c1-2-3-8-10(14)11(17-16-8)12(18)15-6-7-4-5-9(13)19-7/h4-5H,2-3,6,14H2,1H3,(H,15,18)(H,16,17). The normalized spacial score (nSPS) is 10.6. The van der Waals surface area contributed by atoms with Crippen LogP contribution < -0.4 is 11.1 Å². The second-order valence-corrected chi connectivity index (χ2v) is 5.90. The largest absolute Gasteiger partial charge is 0.395 e. The Morgan fingerprint density at radius 3 is 3.00 bits per heavy atom. The summed E-state index contributed by atoms with van der Waals surface area (Å²) >= 11 is 7.26. The molecule has 0 spiro atoms. The monoisotopic (exact) mass is 298 g/mol. The first-order chi connectivity index (χ1) is 9.11. The number of hydrogen-bond acceptors (Lipinski definition) is 4. The summed E-state index contributed by atoms with van der Waals surface area (Å²) in [4.78, 5) is 12.9. The van der Waals surface area contributed by atoms with Gasteiger partial charge in [-0.05, 0) is 18.6 Å². The molecule has 0 saturated heterocycles. The topological polar surface area (TPSA) is 83.8 Å². The van der Waals surface area contributed by atoms with E-state index in [1.807, 2.05) is 13.0 Å². The van der Waals surface area contributed by atoms with E-state index in [0.717, 1.165) is 23.4 Å². The number of hydrogen-bond donors (Lipinski definition) is 3. The van der Waals surface area contributed by atoms with Crippen molar-refractivity contribution in [2.45, 2.75) is 26.3 Å². The minimum atomic E-state index is -0.277. The lowest BCUT2D eigenvalue weighted by Gasteiger charge is -2.02. The van der Waals surface area contributed by atoms with Crippen molar-refractivity contribution in [2.24, 2.45) is 0 Å². The van der Waals surface area contributed by atoms with Gasteiger partial charge in [0, 0.05) is 4.88 Å². The Morgan fingerprint density at radius 1 is 1.58 bits per heavy atom. The molecular weight excluding hydrogens is 284 g/mol. The predicted octanol–water partition coefficient (Wildman–Crippen LogP) is 2.59. The second kappa shape index (κ2) is 6.08. The number of aryl methyl sites for hydroxylation is 1. The maximum atomic E-state index is 12.0. The summed E-state index contributed by atoms with van der Waals surface area (Å²) in [5.41, 5.74) is 7.39. The van der Waals surface area contributed by atoms with Crippen LogP contribution in [0.1, 0.15) is 34.4 Å². The number of aromatic amines is 1. The van der Waals surface area contributed by atoms with Crippen LogP contribution in [0.25, 0.3) is 0 Å². The zero-order valence-electron chi connectivity index (χ0n) is 10.5. The van der Waals surface area contributed by atoms with E-state index in [0.29, 0.717) is 16.6 Å². The van der Waals surface area contributed by atoms with Gasteiger partial charge in [0.1, 0.15) is 0 Å². The van der Waals surface area contributed by atoms with Crippen LogP contribution in [0.4, 0.5) is 5.69 Å². The number of carbonyl (C=O) groups is 1. The van der Waals surface area contributed by atoms with E-state index in [2.05, 4.69) is 15.5 Å². The molecule has 1 amide bonds. The molecule has 0 fully saturated rings. The van der Waals surface area contributed by atoms with Crippen molar-refractivity contribution < 1.29 is 4.79 Å². The predicted molar refractivity (Wildman–Crippen MR) is 77.5 cm³/mol. The van der Waals surface area contributed by atoms with E-state index in [1.54, 1.807) is 6.07 Å². The fourth-order valence-electron chi connectivity index (χ4n) is 1.70. The van der Waals surface area contributed by atoms with E-state index < -0.39 is 0 Å². The van der Waals surface area contributed by atoms with Gasteiger partial charge in [-0.1, -0.05) is 24.9 Å². The minimum absolute atomic E-state index is 0.256. The molecule has 19 heavy (non-hydrogen) atoms. The second-order valence-electron chi connectivity index (χ2n) is 4.10. The Hall–Kier alpha value is -1.53. The fraction of sp³-hybridized carbons (Fsp3) is 0.333. The first-order valence-corrected chi connectivity index (χ1v) is 7.16. The molecular formula is C12H15ClN4OS. The van der Waals surface area contributed by atoms with E-state index in [4.69, 9.17) is 17.3 Å². The Morgan fingerprint density at radius 2 is 2.37 bits per heavy atom. The Labute approximate surface area is 120 Å². The molecule has 5 nitrogen and oxygen atoms in total. The number of rotatable bonds is 5. The molecule has 4 N–H and O–H groups in total. The molecule has 2 aromatic rings. The zero-order chi connectivity index (χ0) is 13.8. The zero-order valence-corrected chi connectivity index (χ0v) is 12.1. The number of halogens is 1. The van der Waals surface area contributed by atoms with Crippen LogP contribution in [0.2, 0.25) is 4.34 Å². The number of nitrogens with two attached hydrogens (primary N) is 1. The van der Waals surface area contributed by atoms with Gasteiger partial charge >= 0.3 is 0 Å². The van der Waals surface area contributed by atoms with E-state index in [-0.39, 0.29) is 11.6 Å². The van der Waals surface area contributed by atoms with Crippen molar-refractivity contribution in [3.63, 3.8) is 0 Å². The summed E-state index contributed by atoms with van der Waals surface area (Å²) in [6.45, 7) is 2.46. The molecule has 0 radical (unpaired) electrons. The molecule has 2 rings (SSSR count). The molecule has 2 aromatic heterocycles. The van der Waals surface area contributed by atoms with Crippen molar-refractivity contribution in [1.82, 2.24) is 15.5 Å². The quantitative estimate of drug-likeness (QED) is 0.793. The van der Waals surface area contributed by atoms with Crippen LogP contribution in [-0.2, 0) is 13.0 Å². The van der Waals surface area contributed by atoms with E-state index in [1.165, 1.54) is 11.3 Å². The number of H-pyrrole nitrogens is 1. The van der Waals surface area contributed by atoms with Crippen molar-refractivity contribution in [2.75, 3.05) is 5.73 Å². The number of anilines is 1. The van der Waals surface area contributed by atoms with Gasteiger partial charge < -0.3 is 11.1 Å². The van der Waals surface area contributed by atoms with Gasteiger partial charge in [0.15, 0.2) is 5.69 Å². The lowest BCUT2D eigenvalue weighted by molar-refractivity contribution is 0.0947. The fourth-order valence-corrected chi connectivity index (χ4v) is 2.73. The molecule has 2 heterocycles. The molecule has 0 saturated carbocycles. The number of aromatic nitrogens is 2. The van der Waals surface area contributed by atoms with Gasteiger partial charge in [0.25, 0.3) is 5.91 Å². The maximum Gasteiger partial charge on any atom is 0.274 e. The van der Waals surface area contributed by atoms with Crippen LogP contribution in [0.5, 0.6) is 0 Å². The Kier molecular flexibility index (Phi) is 4.44. The summed E-state index contributed by atoms with van der Waals surface area (Å²) in [5, 5.41) is 9.55. The molecule has 0 aliphatic carbocycles. The smallest absolute Gasteiger partial charge is 0.274 e. The third kappa shape index (κ3) is 3.27. The van der Waals surface area contributed by atoms with Gasteiger partial charge in [-0.3, -0.25) is 9.89 Å². The Balaban J connectivity index is 2.00. The number of amides is 1. The molecule has 7 heteroatoms. The highest BCUT2D eigenvalue weighted by atomic mass is 35.5. The molecule has 0 aliphatic heterocycles. The molecule has 0 atom stereocenters. The summed E-state index contributed by atoms with van der Waals surface area (Å²) in [6, 6.07) is 3.68. The van der Waals surface area contributed by atoms with E-state index >= 15 is 0 Å². The highest BCUT2D eigenvalue weighted by Gasteiger charge is 2.16. The first kappa shape index (κ1) is 13.9. The summed E-state index contributed by atoms with van der Waals surface area (Å²) in [6.07, 6.45) is 1.73. The summed E-state index contributed by atoms with van der Waals surface area (Å²) in [5.74, 6) is -0.277. The minimum Gasteiger partial charge on any atom is -0.395 e. The van der Waals surface area contributed by atoms with Crippen molar-refractivity contribution >= 4 is 34.5 Å². The highest BCUT2D eigenvalue weighted by molar-refractivity contribution is 7.16. The van der Waals surface area contributed by atoms with Gasteiger partial charge in [-0.2, -0.15) is 5.10 Å². The van der Waals surface area contributed by atoms with Crippen LogP contribution in [0, 0.1) is 0 Å². The third-order valence-corrected chi connectivity index (χ3v) is 3.88. The number of carbonyl (C=O) groups excluding carboxylic acids is 1. The average Bonchev–Trinajstić information content (AvgIpc) is 2.95. The SMILES string of the molecule is CCCc1[nH]nc(C(=O)NCc2ccc(Cl)s2)c1N. The van der Waals surface area contributed by atoms with Gasteiger partial charge in [0.2, 0.25) is 0 Å². The number of nitrogens with zero attached hydrogens (tertiary/aromatic N) is 1. The number of nitrogen functional groups attached to an aromatic ring is 1. The van der Waals surface area contributed by atoms with Crippen LogP contribution in [0.15, 0.2) is 12.1 Å². The van der Waals surface area contributed by atoms with Crippen molar-refractivity contribution in [3.05, 3.63) is 32.7 Å². The number of thiophene rings is 1. The Bertz CT molecular complexity index is 578. The third-order valence-electron chi connectivity index (χ3n) is 2.65. The highest BCUT2D eigenvalue weighted by Crippen LogP contribution is 2.21. The van der Waals surface area contributed by atoms with Gasteiger partial charge in [0.05, 0.1) is 22.3 Å². The molecule has 0 aliphatic rings. The first-order valence-electron chi connectivity index (χ1n) is 5.97. The molecule has 0 unspecified atom stereocenters. The number of nitrogens with one attached hydrogen (secondary N) is 2. The van der Waals surface area contributed by atoms with Crippen molar-refractivity contribution in [1.29, 1.82) is 0 Å². The lowest BCUT2D eigenvalue weighted by atomic mass is 10.2. The molecule has 0 bridgehead atoms. The van der Waals surface area contributed by atoms with Gasteiger partial charge in [-0.25, -0.2) is 0 Å². The summed E-state index contributed by atoms with van der Waals surface area (Å²) in [7, 11) is 0. The van der Waals surface area contributed by atoms with Crippen LogP contribution in [0.3, 0.4) is 0 Å².